The maximum Gasteiger partial charge on any atom is 0.211 e. The highest BCUT2D eigenvalue weighted by molar-refractivity contribution is 5.89. The van der Waals surface area contributed by atoms with E-state index in [0.29, 0.717) is 24.5 Å². The van der Waals surface area contributed by atoms with Gasteiger partial charge in [-0.1, -0.05) is 12.6 Å². The summed E-state index contributed by atoms with van der Waals surface area (Å²) in [4.78, 5) is 16.9. The number of amidine groups is 1. The molecule has 114 valence electrons. The van der Waals surface area contributed by atoms with E-state index < -0.39 is 0 Å². The van der Waals surface area contributed by atoms with Crippen molar-refractivity contribution < 1.29 is 9.53 Å². The van der Waals surface area contributed by atoms with E-state index in [1.807, 2.05) is 44.9 Å². The van der Waals surface area contributed by atoms with Gasteiger partial charge in [0.2, 0.25) is 6.41 Å². The number of hydrogen-bond donors (Lipinski definition) is 1. The third-order valence-corrected chi connectivity index (χ3v) is 3.11. The first kappa shape index (κ1) is 16.8. The van der Waals surface area contributed by atoms with E-state index in [1.165, 1.54) is 0 Å². The molecule has 21 heavy (non-hydrogen) atoms. The van der Waals surface area contributed by atoms with Crippen LogP contribution in [0.1, 0.15) is 26.3 Å². The SMILES string of the molecule is C=C(c1ccc(NC=O)c(OCC)c1)N(C)C(C)=NCC. The first-order valence-electron chi connectivity index (χ1n) is 6.96. The number of hydrogen-bond acceptors (Lipinski definition) is 3. The number of carbonyl (C=O) groups excluding carboxylic acids is 1. The fourth-order valence-electron chi connectivity index (χ4n) is 1.88. The number of amides is 1. The molecule has 0 atom stereocenters. The molecule has 0 unspecified atom stereocenters. The average molecular weight is 289 g/mol. The first-order chi connectivity index (χ1) is 10.0. The van der Waals surface area contributed by atoms with E-state index in [1.54, 1.807) is 6.07 Å². The van der Waals surface area contributed by atoms with E-state index >= 15 is 0 Å². The highest BCUT2D eigenvalue weighted by atomic mass is 16.5. The van der Waals surface area contributed by atoms with Gasteiger partial charge in [0.15, 0.2) is 0 Å². The van der Waals surface area contributed by atoms with E-state index in [9.17, 15) is 4.79 Å². The fourth-order valence-corrected chi connectivity index (χ4v) is 1.88. The lowest BCUT2D eigenvalue weighted by Gasteiger charge is -2.22. The van der Waals surface area contributed by atoms with Crippen LogP contribution in [0.4, 0.5) is 5.69 Å². The molecule has 0 fully saturated rings. The molecule has 0 aromatic heterocycles. The third kappa shape index (κ3) is 4.34. The molecule has 5 heteroatoms. The predicted molar refractivity (Wildman–Crippen MR) is 87.7 cm³/mol. The van der Waals surface area contributed by atoms with E-state index in [4.69, 9.17) is 4.74 Å². The van der Waals surface area contributed by atoms with Gasteiger partial charge in [0.25, 0.3) is 0 Å². The van der Waals surface area contributed by atoms with Crippen molar-refractivity contribution in [2.24, 2.45) is 4.99 Å². The van der Waals surface area contributed by atoms with Gasteiger partial charge in [-0.15, -0.1) is 0 Å². The van der Waals surface area contributed by atoms with Crippen LogP contribution in [0.25, 0.3) is 5.70 Å². The molecule has 5 nitrogen and oxygen atoms in total. The molecule has 0 aliphatic heterocycles. The van der Waals surface area contributed by atoms with Crippen LogP contribution in [0.5, 0.6) is 5.75 Å². The third-order valence-electron chi connectivity index (χ3n) is 3.11. The van der Waals surface area contributed by atoms with Crippen LogP contribution >= 0.6 is 0 Å². The largest absolute Gasteiger partial charge is 0.492 e. The van der Waals surface area contributed by atoms with Crippen LogP contribution in [-0.2, 0) is 4.79 Å². The summed E-state index contributed by atoms with van der Waals surface area (Å²) in [6.07, 6.45) is 0.635. The lowest BCUT2D eigenvalue weighted by Crippen LogP contribution is -2.22. The van der Waals surface area contributed by atoms with Gasteiger partial charge in [-0.3, -0.25) is 9.79 Å². The molecule has 0 saturated carbocycles. The maximum absolute atomic E-state index is 10.6. The summed E-state index contributed by atoms with van der Waals surface area (Å²) in [5, 5.41) is 2.63. The van der Waals surface area contributed by atoms with E-state index in [2.05, 4.69) is 16.9 Å². The second-order valence-corrected chi connectivity index (χ2v) is 4.43. The Morgan fingerprint density at radius 3 is 2.76 bits per heavy atom. The van der Waals surface area contributed by atoms with Crippen LogP contribution in [-0.4, -0.2) is 37.3 Å². The molecule has 0 aliphatic carbocycles. The quantitative estimate of drug-likeness (QED) is 0.477. The zero-order valence-corrected chi connectivity index (χ0v) is 13.1. The molecular formula is C16H23N3O2. The van der Waals surface area contributed by atoms with Gasteiger partial charge in [0, 0.05) is 24.9 Å². The number of nitrogens with one attached hydrogen (secondary N) is 1. The Morgan fingerprint density at radius 1 is 1.48 bits per heavy atom. The van der Waals surface area contributed by atoms with Gasteiger partial charge in [-0.25, -0.2) is 0 Å². The van der Waals surface area contributed by atoms with Crippen molar-refractivity contribution in [2.45, 2.75) is 20.8 Å². The van der Waals surface area contributed by atoms with Crippen LogP contribution < -0.4 is 10.1 Å². The van der Waals surface area contributed by atoms with Crippen molar-refractivity contribution in [1.29, 1.82) is 0 Å². The van der Waals surface area contributed by atoms with Crippen molar-refractivity contribution >= 4 is 23.6 Å². The molecule has 1 N–H and O–H groups in total. The molecule has 0 heterocycles. The molecule has 0 saturated heterocycles. The van der Waals surface area contributed by atoms with Crippen molar-refractivity contribution in [3.8, 4) is 5.75 Å². The number of aliphatic imine (C=N–C) groups is 1. The van der Waals surface area contributed by atoms with E-state index in [0.717, 1.165) is 23.6 Å². The summed E-state index contributed by atoms with van der Waals surface area (Å²) in [6, 6.07) is 5.57. The summed E-state index contributed by atoms with van der Waals surface area (Å²) in [7, 11) is 1.93. The average Bonchev–Trinajstić information content (AvgIpc) is 2.48. The molecule has 1 rings (SSSR count). The Morgan fingerprint density at radius 2 is 2.19 bits per heavy atom. The second kappa shape index (κ2) is 8.09. The van der Waals surface area contributed by atoms with E-state index in [-0.39, 0.29) is 0 Å². The Labute approximate surface area is 126 Å². The number of rotatable bonds is 7. The first-order valence-corrected chi connectivity index (χ1v) is 6.96. The Kier molecular flexibility index (Phi) is 6.46. The summed E-state index contributed by atoms with van der Waals surface area (Å²) in [5.74, 6) is 1.53. The van der Waals surface area contributed by atoms with Gasteiger partial charge >= 0.3 is 0 Å². The van der Waals surface area contributed by atoms with Gasteiger partial charge in [-0.2, -0.15) is 0 Å². The summed E-state index contributed by atoms with van der Waals surface area (Å²) < 4.78 is 5.56. The van der Waals surface area contributed by atoms with Crippen LogP contribution in [0.2, 0.25) is 0 Å². The van der Waals surface area contributed by atoms with Gasteiger partial charge in [0.1, 0.15) is 5.75 Å². The van der Waals surface area contributed by atoms with Crippen LogP contribution in [0.15, 0.2) is 29.8 Å². The minimum atomic E-state index is 0.523. The molecule has 0 spiro atoms. The fraction of sp³-hybridized carbons (Fsp3) is 0.375. The smallest absolute Gasteiger partial charge is 0.211 e. The summed E-state index contributed by atoms with van der Waals surface area (Å²) in [6.45, 7) is 11.2. The summed E-state index contributed by atoms with van der Waals surface area (Å²) >= 11 is 0. The number of anilines is 1. The Balaban J connectivity index is 3.07. The van der Waals surface area contributed by atoms with Crippen LogP contribution in [0, 0.1) is 0 Å². The Hall–Kier alpha value is -2.30. The standard InChI is InChI=1S/C16H23N3O2/c1-6-17-13(4)19(5)12(3)14-8-9-15(18-11-20)16(10-14)21-7-2/h8-11H,3,6-7H2,1-2,4-5H3,(H,18,20). The molecule has 0 aliphatic rings. The minimum Gasteiger partial charge on any atom is -0.492 e. The van der Waals surface area contributed by atoms with Gasteiger partial charge in [-0.05, 0) is 32.9 Å². The number of benzene rings is 1. The molecule has 1 amide bonds. The number of nitrogens with zero attached hydrogens (tertiary/aromatic N) is 2. The zero-order valence-electron chi connectivity index (χ0n) is 13.1. The molecule has 1 aromatic rings. The molecule has 0 radical (unpaired) electrons. The predicted octanol–water partition coefficient (Wildman–Crippen LogP) is 2.99. The lowest BCUT2D eigenvalue weighted by molar-refractivity contribution is -0.105. The maximum atomic E-state index is 10.6. The van der Waals surface area contributed by atoms with Gasteiger partial charge in [0.05, 0.1) is 18.1 Å². The number of carbonyl (C=O) groups is 1. The van der Waals surface area contributed by atoms with Crippen LogP contribution in [0.3, 0.4) is 0 Å². The second-order valence-electron chi connectivity index (χ2n) is 4.43. The van der Waals surface area contributed by atoms with Crippen molar-refractivity contribution in [1.82, 2.24) is 4.90 Å². The normalized spacial score (nSPS) is 11.0. The minimum absolute atomic E-state index is 0.523. The number of ether oxygens (including phenoxy) is 1. The lowest BCUT2D eigenvalue weighted by atomic mass is 10.1. The Bertz CT molecular complexity index is 538. The van der Waals surface area contributed by atoms with Gasteiger partial charge < -0.3 is 15.0 Å². The monoisotopic (exact) mass is 289 g/mol. The van der Waals surface area contributed by atoms with Crippen molar-refractivity contribution in [3.63, 3.8) is 0 Å². The van der Waals surface area contributed by atoms with Crippen molar-refractivity contribution in [3.05, 3.63) is 30.3 Å². The highest BCUT2D eigenvalue weighted by Gasteiger charge is 2.11. The zero-order chi connectivity index (χ0) is 15.8. The van der Waals surface area contributed by atoms with Crippen molar-refractivity contribution in [2.75, 3.05) is 25.5 Å². The molecule has 0 bridgehead atoms. The summed E-state index contributed by atoms with van der Waals surface area (Å²) in [5.41, 5.74) is 2.39. The highest BCUT2D eigenvalue weighted by Crippen LogP contribution is 2.29. The topological polar surface area (TPSA) is 53.9 Å². The molecule has 1 aromatic carbocycles. The molecular weight excluding hydrogens is 266 g/mol.